The molecule has 0 saturated carbocycles. The summed E-state index contributed by atoms with van der Waals surface area (Å²) in [6.45, 7) is -0.190. The Balaban J connectivity index is 0.000000198. The minimum absolute atomic E-state index is 0.0882. The maximum absolute atomic E-state index is 12.3. The molecule has 2 atom stereocenters. The maximum atomic E-state index is 12.3. The molecule has 51 heavy (non-hydrogen) atoms. The van der Waals surface area contributed by atoms with Crippen molar-refractivity contribution >= 4 is 69.0 Å². The SMILES string of the molecule is COc1ccccc1C(=O)COc1ccc(CC2SC(=O)NC2=O)cc1.O=C1NC(=O)C(Cc2ccc(OCC(=O)c3cccc(Cl)c3)cc2)S1. The number of nitrogens with one attached hydrogen (secondary N) is 2. The first-order valence-corrected chi connectivity index (χ1v) is 17.6. The van der Waals surface area contributed by atoms with Gasteiger partial charge in [0.05, 0.1) is 23.2 Å². The van der Waals surface area contributed by atoms with Gasteiger partial charge >= 0.3 is 0 Å². The van der Waals surface area contributed by atoms with Crippen LogP contribution in [0.15, 0.2) is 97.1 Å². The Morgan fingerprint density at radius 2 is 1.18 bits per heavy atom. The van der Waals surface area contributed by atoms with E-state index in [1.165, 1.54) is 7.11 Å². The molecular formula is C37H31ClN2O9S2. The fourth-order valence-corrected chi connectivity index (χ4v) is 6.83. The van der Waals surface area contributed by atoms with Crippen molar-refractivity contribution in [2.45, 2.75) is 23.3 Å². The molecule has 0 bridgehead atoms. The Morgan fingerprint density at radius 1 is 0.667 bits per heavy atom. The molecule has 0 radical (unpaired) electrons. The molecular weight excluding hydrogens is 716 g/mol. The number of carbonyl (C=O) groups excluding carboxylic acids is 6. The zero-order valence-electron chi connectivity index (χ0n) is 27.1. The van der Waals surface area contributed by atoms with Crippen molar-refractivity contribution in [1.82, 2.24) is 10.6 Å². The third-order valence-corrected chi connectivity index (χ3v) is 9.71. The molecule has 2 aliphatic heterocycles. The average Bonchev–Trinajstić information content (AvgIpc) is 3.63. The smallest absolute Gasteiger partial charge is 0.286 e. The molecule has 0 spiro atoms. The number of para-hydroxylation sites is 1. The van der Waals surface area contributed by atoms with Crippen LogP contribution in [0.2, 0.25) is 5.02 Å². The maximum Gasteiger partial charge on any atom is 0.286 e. The minimum Gasteiger partial charge on any atom is -0.496 e. The fourth-order valence-electron chi connectivity index (χ4n) is 4.92. The van der Waals surface area contributed by atoms with Crippen LogP contribution in [0.3, 0.4) is 0 Å². The van der Waals surface area contributed by atoms with Crippen LogP contribution in [-0.4, -0.2) is 64.7 Å². The Labute approximate surface area is 306 Å². The van der Waals surface area contributed by atoms with Crippen LogP contribution in [0.1, 0.15) is 31.8 Å². The Morgan fingerprint density at radius 3 is 1.65 bits per heavy atom. The molecule has 262 valence electrons. The number of hydrogen-bond acceptors (Lipinski definition) is 11. The first kappa shape index (κ1) is 37.2. The Bertz CT molecular complexity index is 1940. The Hall–Kier alpha value is -5.11. The lowest BCUT2D eigenvalue weighted by Gasteiger charge is -2.10. The van der Waals surface area contributed by atoms with E-state index in [2.05, 4.69) is 10.6 Å². The molecule has 14 heteroatoms. The fraction of sp³-hybridized carbons (Fsp3) is 0.189. The van der Waals surface area contributed by atoms with Gasteiger partial charge in [0.2, 0.25) is 17.6 Å². The molecule has 2 saturated heterocycles. The number of hydrogen-bond donors (Lipinski definition) is 2. The van der Waals surface area contributed by atoms with Gasteiger partial charge in [0.1, 0.15) is 17.2 Å². The second kappa shape index (κ2) is 17.7. The molecule has 2 fully saturated rings. The van der Waals surface area contributed by atoms with Crippen LogP contribution in [-0.2, 0) is 22.4 Å². The summed E-state index contributed by atoms with van der Waals surface area (Å²) in [6.07, 6.45) is 0.923. The van der Waals surface area contributed by atoms with E-state index in [0.29, 0.717) is 46.2 Å². The van der Waals surface area contributed by atoms with E-state index in [9.17, 15) is 28.8 Å². The first-order chi connectivity index (χ1) is 24.6. The third kappa shape index (κ3) is 10.7. The van der Waals surface area contributed by atoms with Crippen molar-refractivity contribution in [3.05, 3.63) is 124 Å². The highest BCUT2D eigenvalue weighted by atomic mass is 35.5. The molecule has 4 amide bonds. The molecule has 11 nitrogen and oxygen atoms in total. The van der Waals surface area contributed by atoms with Crippen molar-refractivity contribution in [3.8, 4) is 17.2 Å². The zero-order valence-corrected chi connectivity index (χ0v) is 29.5. The van der Waals surface area contributed by atoms with Gasteiger partial charge in [0.25, 0.3) is 10.5 Å². The van der Waals surface area contributed by atoms with Gasteiger partial charge in [0.15, 0.2) is 19.0 Å². The van der Waals surface area contributed by atoms with Gasteiger partial charge in [-0.05, 0) is 72.5 Å². The highest BCUT2D eigenvalue weighted by Gasteiger charge is 2.32. The third-order valence-electron chi connectivity index (χ3n) is 7.52. The predicted octanol–water partition coefficient (Wildman–Crippen LogP) is 6.35. The van der Waals surface area contributed by atoms with Crippen molar-refractivity contribution in [1.29, 1.82) is 0 Å². The molecule has 2 aliphatic rings. The van der Waals surface area contributed by atoms with Crippen molar-refractivity contribution in [3.63, 3.8) is 0 Å². The lowest BCUT2D eigenvalue weighted by Crippen LogP contribution is -2.25. The minimum atomic E-state index is -0.401. The van der Waals surface area contributed by atoms with Gasteiger partial charge < -0.3 is 14.2 Å². The molecule has 6 rings (SSSR count). The van der Waals surface area contributed by atoms with E-state index < -0.39 is 10.5 Å². The molecule has 4 aromatic carbocycles. The summed E-state index contributed by atoms with van der Waals surface area (Å²) < 4.78 is 16.2. The van der Waals surface area contributed by atoms with Crippen molar-refractivity contribution in [2.24, 2.45) is 0 Å². The number of ketones is 2. The summed E-state index contributed by atoms with van der Waals surface area (Å²) in [4.78, 5) is 69.9. The number of imide groups is 2. The monoisotopic (exact) mass is 746 g/mol. The number of Topliss-reactive ketones (excluding diaryl/α,β-unsaturated/α-hetero) is 2. The van der Waals surface area contributed by atoms with Crippen LogP contribution >= 0.6 is 35.1 Å². The molecule has 2 heterocycles. The summed E-state index contributed by atoms with van der Waals surface area (Å²) in [5, 5.41) is 3.61. The summed E-state index contributed by atoms with van der Waals surface area (Å²) in [5.41, 5.74) is 2.80. The number of halogens is 1. The number of thioether (sulfide) groups is 2. The van der Waals surface area contributed by atoms with Crippen LogP contribution in [0.4, 0.5) is 9.59 Å². The lowest BCUT2D eigenvalue weighted by atomic mass is 10.1. The summed E-state index contributed by atoms with van der Waals surface area (Å²) in [5.74, 6) is 0.757. The van der Waals surface area contributed by atoms with Gasteiger partial charge in [-0.25, -0.2) is 0 Å². The summed E-state index contributed by atoms with van der Waals surface area (Å²) in [7, 11) is 1.52. The average molecular weight is 747 g/mol. The van der Waals surface area contributed by atoms with E-state index in [-0.39, 0.29) is 47.1 Å². The normalized spacial score (nSPS) is 16.4. The zero-order chi connectivity index (χ0) is 36.3. The van der Waals surface area contributed by atoms with E-state index in [4.69, 9.17) is 25.8 Å². The molecule has 0 aliphatic carbocycles. The molecule has 0 aromatic heterocycles. The largest absolute Gasteiger partial charge is 0.496 e. The second-order valence-electron chi connectivity index (χ2n) is 11.1. The highest BCUT2D eigenvalue weighted by Crippen LogP contribution is 2.26. The van der Waals surface area contributed by atoms with Gasteiger partial charge in [0, 0.05) is 10.6 Å². The number of benzene rings is 4. The van der Waals surface area contributed by atoms with E-state index in [1.54, 1.807) is 72.8 Å². The molecule has 2 N–H and O–H groups in total. The van der Waals surface area contributed by atoms with Gasteiger partial charge in [-0.2, -0.15) is 0 Å². The molecule has 2 unspecified atom stereocenters. The highest BCUT2D eigenvalue weighted by molar-refractivity contribution is 8.15. The second-order valence-corrected chi connectivity index (χ2v) is 13.9. The first-order valence-electron chi connectivity index (χ1n) is 15.5. The number of amides is 4. The van der Waals surface area contributed by atoms with Crippen LogP contribution < -0.4 is 24.8 Å². The Kier molecular flexibility index (Phi) is 12.9. The van der Waals surface area contributed by atoms with Gasteiger partial charge in [-0.15, -0.1) is 0 Å². The van der Waals surface area contributed by atoms with Crippen LogP contribution in [0, 0.1) is 0 Å². The van der Waals surface area contributed by atoms with Crippen molar-refractivity contribution in [2.75, 3.05) is 20.3 Å². The van der Waals surface area contributed by atoms with Crippen molar-refractivity contribution < 1.29 is 43.0 Å². The topological polar surface area (TPSA) is 154 Å². The van der Waals surface area contributed by atoms with E-state index >= 15 is 0 Å². The number of rotatable bonds is 13. The number of carbonyl (C=O) groups is 6. The summed E-state index contributed by atoms with van der Waals surface area (Å²) >= 11 is 7.87. The van der Waals surface area contributed by atoms with Gasteiger partial charge in [-0.1, -0.05) is 83.7 Å². The number of ether oxygens (including phenoxy) is 3. The quantitative estimate of drug-likeness (QED) is 0.147. The van der Waals surface area contributed by atoms with Crippen LogP contribution in [0.25, 0.3) is 0 Å². The summed E-state index contributed by atoms with van der Waals surface area (Å²) in [6, 6.07) is 27.9. The van der Waals surface area contributed by atoms with Gasteiger partial charge in [-0.3, -0.25) is 39.4 Å². The standard InChI is InChI=1S/C19H17NO5S.C18H14ClNO4S/c1-24-16-5-3-2-4-14(16)15(21)11-25-13-8-6-12(7-9-13)10-17-18(22)20-19(23)26-17;19-13-3-1-2-12(9-13)15(21)10-24-14-6-4-11(5-7-14)8-16-17(22)20-18(23)25-16/h2-9,17H,10-11H2,1H3,(H,20,22,23);1-7,9,16H,8,10H2,(H,20,22,23). The van der Waals surface area contributed by atoms with Crippen LogP contribution in [0.5, 0.6) is 17.2 Å². The molecule has 4 aromatic rings. The predicted molar refractivity (Wildman–Crippen MR) is 194 cm³/mol. The lowest BCUT2D eigenvalue weighted by molar-refractivity contribution is -0.119. The number of methoxy groups -OCH3 is 1. The van der Waals surface area contributed by atoms with E-state index in [1.807, 2.05) is 24.3 Å². The van der Waals surface area contributed by atoms with E-state index in [0.717, 1.165) is 34.7 Å².